The first-order chi connectivity index (χ1) is 15.9. The monoisotopic (exact) mass is 442 g/mol. The molecule has 6 nitrogen and oxygen atoms in total. The Kier molecular flexibility index (Phi) is 7.96. The minimum absolute atomic E-state index is 0.158. The van der Waals surface area contributed by atoms with Crippen molar-refractivity contribution in [2.24, 2.45) is 0 Å². The fraction of sp³-hybridized carbons (Fsp3) is 0.222. The lowest BCUT2D eigenvalue weighted by atomic mass is 10.0. The Morgan fingerprint density at radius 2 is 1.70 bits per heavy atom. The van der Waals surface area contributed by atoms with Gasteiger partial charge in [-0.3, -0.25) is 4.79 Å². The van der Waals surface area contributed by atoms with Gasteiger partial charge in [0.1, 0.15) is 11.6 Å². The highest BCUT2D eigenvalue weighted by atomic mass is 16.5. The molecule has 0 aliphatic carbocycles. The molecule has 0 amide bonds. The van der Waals surface area contributed by atoms with Crippen LogP contribution in [-0.4, -0.2) is 36.6 Å². The molecule has 33 heavy (non-hydrogen) atoms. The lowest BCUT2D eigenvalue weighted by Crippen LogP contribution is -2.15. The molecular formula is C27H26N2O4. The maximum Gasteiger partial charge on any atom is 0.349 e. The van der Waals surface area contributed by atoms with E-state index in [-0.39, 0.29) is 11.4 Å². The largest absolute Gasteiger partial charge is 0.453 e. The van der Waals surface area contributed by atoms with Gasteiger partial charge in [0.15, 0.2) is 12.4 Å². The third kappa shape index (κ3) is 5.85. The first-order valence-corrected chi connectivity index (χ1v) is 10.6. The van der Waals surface area contributed by atoms with Crippen molar-refractivity contribution in [1.82, 2.24) is 4.57 Å². The van der Waals surface area contributed by atoms with Crippen molar-refractivity contribution in [2.75, 3.05) is 20.3 Å². The second-order valence-corrected chi connectivity index (χ2v) is 7.58. The van der Waals surface area contributed by atoms with Gasteiger partial charge in [0, 0.05) is 30.6 Å². The summed E-state index contributed by atoms with van der Waals surface area (Å²) in [4.78, 5) is 24.9. The molecule has 1 aromatic heterocycles. The molecule has 0 saturated heterocycles. The number of aryl methyl sites for hydroxylation is 1. The molecule has 0 bridgehead atoms. The van der Waals surface area contributed by atoms with Crippen LogP contribution in [0.15, 0.2) is 66.2 Å². The maximum atomic E-state index is 12.5. The highest BCUT2D eigenvalue weighted by molar-refractivity contribution is 6.02. The highest BCUT2D eigenvalue weighted by Gasteiger charge is 2.16. The van der Waals surface area contributed by atoms with Crippen LogP contribution in [0.1, 0.15) is 27.3 Å². The van der Waals surface area contributed by atoms with Gasteiger partial charge >= 0.3 is 5.97 Å². The van der Waals surface area contributed by atoms with E-state index in [1.807, 2.05) is 68.4 Å². The van der Waals surface area contributed by atoms with Crippen molar-refractivity contribution in [1.29, 1.82) is 5.26 Å². The van der Waals surface area contributed by atoms with Crippen LogP contribution in [0.3, 0.4) is 0 Å². The van der Waals surface area contributed by atoms with E-state index in [2.05, 4.69) is 4.57 Å². The molecule has 0 aliphatic heterocycles. The van der Waals surface area contributed by atoms with Gasteiger partial charge in [0.25, 0.3) is 0 Å². The molecule has 1 heterocycles. The summed E-state index contributed by atoms with van der Waals surface area (Å²) in [5, 5.41) is 9.46. The summed E-state index contributed by atoms with van der Waals surface area (Å²) in [7, 11) is 1.64. The van der Waals surface area contributed by atoms with Crippen molar-refractivity contribution in [3.05, 3.63) is 88.8 Å². The molecule has 3 rings (SSSR count). The van der Waals surface area contributed by atoms with Crippen LogP contribution in [0, 0.1) is 25.2 Å². The fourth-order valence-electron chi connectivity index (χ4n) is 3.56. The lowest BCUT2D eigenvalue weighted by Gasteiger charge is -2.08. The number of benzene rings is 2. The molecule has 0 unspecified atom stereocenters. The van der Waals surface area contributed by atoms with Crippen LogP contribution in [-0.2, 0) is 20.8 Å². The quantitative estimate of drug-likeness (QED) is 0.207. The van der Waals surface area contributed by atoms with Gasteiger partial charge in [0.2, 0.25) is 0 Å². The number of nitrogens with zero attached hydrogens (tertiary/aromatic N) is 2. The van der Waals surface area contributed by atoms with Gasteiger partial charge in [-0.1, -0.05) is 54.6 Å². The predicted molar refractivity (Wildman–Crippen MR) is 127 cm³/mol. The van der Waals surface area contributed by atoms with Crippen LogP contribution >= 0.6 is 0 Å². The first kappa shape index (κ1) is 23.7. The summed E-state index contributed by atoms with van der Waals surface area (Å²) in [5.74, 6) is -1.16. The van der Waals surface area contributed by atoms with Crippen LogP contribution in [0.25, 0.3) is 17.2 Å². The molecule has 0 saturated carbocycles. The molecule has 0 N–H and O–H groups in total. The number of rotatable bonds is 9. The van der Waals surface area contributed by atoms with Crippen LogP contribution in [0.5, 0.6) is 0 Å². The molecule has 2 aromatic carbocycles. The minimum Gasteiger partial charge on any atom is -0.453 e. The standard InChI is InChI=1S/C27H26N2O4/c1-19-15-24(20(2)29(19)13-14-32-3)16-25(17-28)27(31)33-18-26(30)23-11-9-22(10-12-23)21-7-5-4-6-8-21/h4-12,15-16H,13-14,18H2,1-3H3/b25-16+. The molecule has 0 spiro atoms. The summed E-state index contributed by atoms with van der Waals surface area (Å²) >= 11 is 0. The second-order valence-electron chi connectivity index (χ2n) is 7.58. The molecule has 6 heteroatoms. The van der Waals surface area contributed by atoms with E-state index >= 15 is 0 Å². The summed E-state index contributed by atoms with van der Waals surface area (Å²) in [6, 6.07) is 20.7. The van der Waals surface area contributed by atoms with Crippen LogP contribution in [0.4, 0.5) is 0 Å². The Hall–Kier alpha value is -3.95. The minimum atomic E-state index is -0.826. The van der Waals surface area contributed by atoms with Gasteiger partial charge < -0.3 is 14.0 Å². The van der Waals surface area contributed by atoms with Crippen molar-refractivity contribution in [3.8, 4) is 17.2 Å². The summed E-state index contributed by atoms with van der Waals surface area (Å²) < 4.78 is 12.3. The van der Waals surface area contributed by atoms with E-state index in [4.69, 9.17) is 9.47 Å². The topological polar surface area (TPSA) is 81.3 Å². The van der Waals surface area contributed by atoms with E-state index in [0.29, 0.717) is 18.7 Å². The van der Waals surface area contributed by atoms with Crippen molar-refractivity contribution in [2.45, 2.75) is 20.4 Å². The van der Waals surface area contributed by atoms with Gasteiger partial charge in [-0.2, -0.15) is 5.26 Å². The number of aromatic nitrogens is 1. The Bertz CT molecular complexity index is 1200. The van der Waals surface area contributed by atoms with E-state index in [9.17, 15) is 14.9 Å². The van der Waals surface area contributed by atoms with Crippen LogP contribution < -0.4 is 0 Å². The van der Waals surface area contributed by atoms with Gasteiger partial charge in [-0.25, -0.2) is 4.79 Å². The summed E-state index contributed by atoms with van der Waals surface area (Å²) in [6.07, 6.45) is 1.49. The zero-order valence-electron chi connectivity index (χ0n) is 19.0. The molecular weight excluding hydrogens is 416 g/mol. The predicted octanol–water partition coefficient (Wildman–Crippen LogP) is 4.75. The van der Waals surface area contributed by atoms with Gasteiger partial charge in [-0.05, 0) is 42.7 Å². The Morgan fingerprint density at radius 1 is 1.03 bits per heavy atom. The number of hydrogen-bond acceptors (Lipinski definition) is 5. The number of nitriles is 1. The van der Waals surface area contributed by atoms with E-state index < -0.39 is 12.6 Å². The van der Waals surface area contributed by atoms with E-state index in [0.717, 1.165) is 28.1 Å². The third-order valence-electron chi connectivity index (χ3n) is 5.42. The maximum absolute atomic E-state index is 12.5. The van der Waals surface area contributed by atoms with Crippen molar-refractivity contribution < 1.29 is 19.1 Å². The second kappa shape index (κ2) is 11.1. The normalized spacial score (nSPS) is 11.2. The molecule has 0 atom stereocenters. The lowest BCUT2D eigenvalue weighted by molar-refractivity contribution is -0.137. The third-order valence-corrected chi connectivity index (χ3v) is 5.42. The molecule has 0 radical (unpaired) electrons. The Labute approximate surface area is 193 Å². The first-order valence-electron chi connectivity index (χ1n) is 10.6. The van der Waals surface area contributed by atoms with Gasteiger partial charge in [-0.15, -0.1) is 0 Å². The summed E-state index contributed by atoms with van der Waals surface area (Å²) in [6.45, 7) is 4.66. The number of carbonyl (C=O) groups excluding carboxylic acids is 2. The van der Waals surface area contributed by atoms with E-state index in [1.165, 1.54) is 6.08 Å². The molecule has 0 aliphatic rings. The summed E-state index contributed by atoms with van der Waals surface area (Å²) in [5.41, 5.74) is 4.98. The smallest absolute Gasteiger partial charge is 0.349 e. The zero-order valence-corrected chi connectivity index (χ0v) is 19.0. The number of methoxy groups -OCH3 is 1. The van der Waals surface area contributed by atoms with Crippen molar-refractivity contribution in [3.63, 3.8) is 0 Å². The number of hydrogen-bond donors (Lipinski definition) is 0. The van der Waals surface area contributed by atoms with Gasteiger partial charge in [0.05, 0.1) is 6.61 Å². The molecule has 3 aromatic rings. The average molecular weight is 443 g/mol. The van der Waals surface area contributed by atoms with Crippen LogP contribution in [0.2, 0.25) is 0 Å². The SMILES string of the molecule is COCCn1c(C)cc(/C=C(\C#N)C(=O)OCC(=O)c2ccc(-c3ccccc3)cc2)c1C. The number of ketones is 1. The number of ether oxygens (including phenoxy) is 2. The zero-order chi connectivity index (χ0) is 23.8. The number of esters is 1. The highest BCUT2D eigenvalue weighted by Crippen LogP contribution is 2.20. The molecule has 0 fully saturated rings. The Balaban J connectivity index is 1.65. The average Bonchev–Trinajstić information content (AvgIpc) is 3.11. The Morgan fingerprint density at radius 3 is 2.33 bits per heavy atom. The number of carbonyl (C=O) groups is 2. The molecule has 168 valence electrons. The van der Waals surface area contributed by atoms with E-state index in [1.54, 1.807) is 19.2 Å². The number of Topliss-reactive ketones (excluding diaryl/α,β-unsaturated/α-hetero) is 1. The fourth-order valence-corrected chi connectivity index (χ4v) is 3.56. The van der Waals surface area contributed by atoms with Crippen molar-refractivity contribution >= 4 is 17.8 Å².